The van der Waals surface area contributed by atoms with Crippen LogP contribution in [0.4, 0.5) is 0 Å². The third-order valence-corrected chi connectivity index (χ3v) is 5.45. The Morgan fingerprint density at radius 2 is 1.96 bits per heavy atom. The highest BCUT2D eigenvalue weighted by molar-refractivity contribution is 14.0. The van der Waals surface area contributed by atoms with Crippen molar-refractivity contribution in [3.63, 3.8) is 0 Å². The summed E-state index contributed by atoms with van der Waals surface area (Å²) < 4.78 is 0. The van der Waals surface area contributed by atoms with Crippen molar-refractivity contribution < 1.29 is 4.79 Å². The van der Waals surface area contributed by atoms with Crippen molar-refractivity contribution in [3.8, 4) is 0 Å². The molecule has 0 radical (unpaired) electrons. The van der Waals surface area contributed by atoms with Gasteiger partial charge in [0, 0.05) is 45.3 Å². The predicted octanol–water partition coefficient (Wildman–Crippen LogP) is 1.36. The smallest absolute Gasteiger partial charge is 0.242 e. The van der Waals surface area contributed by atoms with Gasteiger partial charge in [-0.15, -0.1) is 24.0 Å². The Balaban J connectivity index is 0.00000208. The van der Waals surface area contributed by atoms with Gasteiger partial charge in [-0.25, -0.2) is 0 Å². The van der Waals surface area contributed by atoms with E-state index in [0.29, 0.717) is 12.6 Å². The van der Waals surface area contributed by atoms with Crippen LogP contribution in [0.1, 0.15) is 38.5 Å². The SMILES string of the molecule is CN=C(NCCN(C)C1CCCC1)N1CCN(C2CC2)C(=O)C1.I. The van der Waals surface area contributed by atoms with Crippen LogP contribution in [0.25, 0.3) is 0 Å². The summed E-state index contributed by atoms with van der Waals surface area (Å²) >= 11 is 0. The standard InChI is InChI=1S/C17H31N5O.HI/c1-18-17(19-9-10-20(2)14-5-3-4-6-14)21-11-12-22(15-7-8-15)16(23)13-21;/h14-15H,3-13H2,1-2H3,(H,18,19);1H. The summed E-state index contributed by atoms with van der Waals surface area (Å²) in [4.78, 5) is 23.2. The molecule has 2 saturated carbocycles. The van der Waals surface area contributed by atoms with Gasteiger partial charge in [0.1, 0.15) is 0 Å². The molecule has 3 rings (SSSR count). The Morgan fingerprint density at radius 3 is 2.54 bits per heavy atom. The molecule has 1 heterocycles. The maximum Gasteiger partial charge on any atom is 0.242 e. The molecular weight excluding hydrogens is 417 g/mol. The van der Waals surface area contributed by atoms with Gasteiger partial charge >= 0.3 is 0 Å². The maximum atomic E-state index is 12.3. The van der Waals surface area contributed by atoms with E-state index < -0.39 is 0 Å². The molecule has 24 heavy (non-hydrogen) atoms. The van der Waals surface area contributed by atoms with Gasteiger partial charge in [-0.1, -0.05) is 12.8 Å². The third kappa shape index (κ3) is 4.97. The minimum atomic E-state index is 0. The van der Waals surface area contributed by atoms with E-state index in [2.05, 4.69) is 32.1 Å². The zero-order valence-electron chi connectivity index (χ0n) is 15.0. The topological polar surface area (TPSA) is 51.2 Å². The lowest BCUT2D eigenvalue weighted by molar-refractivity contribution is -0.135. The van der Waals surface area contributed by atoms with Gasteiger partial charge in [0.05, 0.1) is 6.54 Å². The summed E-state index contributed by atoms with van der Waals surface area (Å²) in [6.45, 7) is 4.11. The Bertz CT molecular complexity index is 448. The molecule has 0 spiro atoms. The molecule has 0 aromatic carbocycles. The summed E-state index contributed by atoms with van der Waals surface area (Å²) in [6.07, 6.45) is 7.79. The molecule has 6 nitrogen and oxygen atoms in total. The number of nitrogens with zero attached hydrogens (tertiary/aromatic N) is 4. The predicted molar refractivity (Wildman–Crippen MR) is 108 cm³/mol. The molecule has 138 valence electrons. The number of nitrogens with one attached hydrogen (secondary N) is 1. The van der Waals surface area contributed by atoms with E-state index in [9.17, 15) is 4.79 Å². The number of carbonyl (C=O) groups excluding carboxylic acids is 1. The van der Waals surface area contributed by atoms with Gasteiger partial charge in [-0.3, -0.25) is 9.79 Å². The van der Waals surface area contributed by atoms with Gasteiger partial charge < -0.3 is 20.0 Å². The largest absolute Gasteiger partial charge is 0.355 e. The minimum Gasteiger partial charge on any atom is -0.355 e. The monoisotopic (exact) mass is 449 g/mol. The van der Waals surface area contributed by atoms with Crippen LogP contribution in [0.5, 0.6) is 0 Å². The fourth-order valence-corrected chi connectivity index (χ4v) is 3.84. The molecule has 1 saturated heterocycles. The van der Waals surface area contributed by atoms with Crippen molar-refractivity contribution in [3.05, 3.63) is 0 Å². The molecule has 0 bridgehead atoms. The van der Waals surface area contributed by atoms with Crippen molar-refractivity contribution in [2.45, 2.75) is 50.6 Å². The van der Waals surface area contributed by atoms with Crippen LogP contribution in [0.15, 0.2) is 4.99 Å². The number of aliphatic imine (C=N–C) groups is 1. The van der Waals surface area contributed by atoms with Crippen molar-refractivity contribution in [1.82, 2.24) is 20.0 Å². The van der Waals surface area contributed by atoms with Gasteiger partial charge in [0.15, 0.2) is 5.96 Å². The van der Waals surface area contributed by atoms with Gasteiger partial charge in [0.25, 0.3) is 0 Å². The highest BCUT2D eigenvalue weighted by Crippen LogP contribution is 2.28. The number of hydrogen-bond donors (Lipinski definition) is 1. The van der Waals surface area contributed by atoms with Crippen LogP contribution in [0.2, 0.25) is 0 Å². The second-order valence-corrected chi connectivity index (χ2v) is 7.13. The number of rotatable bonds is 5. The quantitative estimate of drug-likeness (QED) is 0.392. The minimum absolute atomic E-state index is 0. The zero-order chi connectivity index (χ0) is 16.2. The van der Waals surface area contributed by atoms with E-state index in [-0.39, 0.29) is 29.9 Å². The first kappa shape index (κ1) is 19.8. The number of amides is 1. The summed E-state index contributed by atoms with van der Waals surface area (Å²) in [6, 6.07) is 1.28. The zero-order valence-corrected chi connectivity index (χ0v) is 17.4. The number of carbonyl (C=O) groups is 1. The molecule has 1 N–H and O–H groups in total. The van der Waals surface area contributed by atoms with Gasteiger partial charge in [0.2, 0.25) is 5.91 Å². The van der Waals surface area contributed by atoms with Gasteiger partial charge in [-0.2, -0.15) is 0 Å². The molecular formula is C17H32IN5O. The average molecular weight is 449 g/mol. The van der Waals surface area contributed by atoms with E-state index in [1.807, 2.05) is 0 Å². The second kappa shape index (κ2) is 9.22. The first-order valence-electron chi connectivity index (χ1n) is 9.14. The average Bonchev–Trinajstić information content (AvgIpc) is 3.24. The van der Waals surface area contributed by atoms with Crippen LogP contribution >= 0.6 is 24.0 Å². The van der Waals surface area contributed by atoms with E-state index in [1.165, 1.54) is 38.5 Å². The van der Waals surface area contributed by atoms with E-state index in [1.54, 1.807) is 7.05 Å². The first-order chi connectivity index (χ1) is 11.2. The molecule has 0 unspecified atom stereocenters. The van der Waals surface area contributed by atoms with Crippen LogP contribution in [-0.4, -0.2) is 85.5 Å². The summed E-state index contributed by atoms with van der Waals surface area (Å²) in [5.74, 6) is 1.12. The summed E-state index contributed by atoms with van der Waals surface area (Å²) in [5.41, 5.74) is 0. The van der Waals surface area contributed by atoms with Gasteiger partial charge in [-0.05, 0) is 32.7 Å². The molecule has 2 aliphatic carbocycles. The van der Waals surface area contributed by atoms with Crippen LogP contribution in [-0.2, 0) is 4.79 Å². The molecule has 0 aromatic rings. The van der Waals surface area contributed by atoms with Crippen LogP contribution in [0.3, 0.4) is 0 Å². The maximum absolute atomic E-state index is 12.3. The lowest BCUT2D eigenvalue weighted by atomic mass is 10.2. The Hall–Kier alpha value is -0.570. The lowest BCUT2D eigenvalue weighted by Crippen LogP contribution is -2.56. The Labute approximate surface area is 163 Å². The van der Waals surface area contributed by atoms with Crippen LogP contribution in [0, 0.1) is 0 Å². The summed E-state index contributed by atoms with van der Waals surface area (Å²) in [7, 11) is 4.03. The van der Waals surface area contributed by atoms with E-state index in [0.717, 1.165) is 38.2 Å². The van der Waals surface area contributed by atoms with Crippen molar-refractivity contribution in [2.75, 3.05) is 46.8 Å². The number of likely N-dealkylation sites (N-methyl/N-ethyl adjacent to an activating group) is 1. The van der Waals surface area contributed by atoms with E-state index in [4.69, 9.17) is 0 Å². The summed E-state index contributed by atoms with van der Waals surface area (Å²) in [5, 5.41) is 3.44. The number of halogens is 1. The molecule has 3 aliphatic rings. The third-order valence-electron chi connectivity index (χ3n) is 5.45. The number of guanidine groups is 1. The van der Waals surface area contributed by atoms with Crippen LogP contribution < -0.4 is 5.32 Å². The molecule has 0 atom stereocenters. The lowest BCUT2D eigenvalue weighted by Gasteiger charge is -2.36. The molecule has 1 aliphatic heterocycles. The Morgan fingerprint density at radius 1 is 1.25 bits per heavy atom. The fourth-order valence-electron chi connectivity index (χ4n) is 3.84. The van der Waals surface area contributed by atoms with Crippen molar-refractivity contribution >= 4 is 35.8 Å². The molecule has 7 heteroatoms. The van der Waals surface area contributed by atoms with E-state index >= 15 is 0 Å². The number of hydrogen-bond acceptors (Lipinski definition) is 3. The highest BCUT2D eigenvalue weighted by Gasteiger charge is 2.36. The normalized spacial score (nSPS) is 23.0. The Kier molecular flexibility index (Phi) is 7.59. The highest BCUT2D eigenvalue weighted by atomic mass is 127. The second-order valence-electron chi connectivity index (χ2n) is 7.13. The fraction of sp³-hybridized carbons (Fsp3) is 0.882. The number of piperazine rings is 1. The molecule has 1 amide bonds. The first-order valence-corrected chi connectivity index (χ1v) is 9.14. The molecule has 0 aromatic heterocycles. The molecule has 3 fully saturated rings. The van der Waals surface area contributed by atoms with Crippen molar-refractivity contribution in [2.24, 2.45) is 4.99 Å². The van der Waals surface area contributed by atoms with Crippen molar-refractivity contribution in [1.29, 1.82) is 0 Å².